The molecule has 0 unspecified atom stereocenters. The number of rotatable bonds is 8. The van der Waals surface area contributed by atoms with E-state index >= 15 is 0 Å². The van der Waals surface area contributed by atoms with Crippen LogP contribution in [-0.2, 0) is 20.1 Å². The first-order valence-corrected chi connectivity index (χ1v) is 14.1. The molecule has 158 valence electrons. The van der Waals surface area contributed by atoms with E-state index in [9.17, 15) is 16.8 Å². The van der Waals surface area contributed by atoms with Crippen molar-refractivity contribution in [1.82, 2.24) is 4.31 Å². The minimum atomic E-state index is -4.06. The molecular weight excluding hydrogens is 450 g/mol. The second-order valence-electron chi connectivity index (χ2n) is 6.24. The van der Waals surface area contributed by atoms with Gasteiger partial charge in [-0.2, -0.15) is 12.7 Å². The molecule has 2 aromatic rings. The van der Waals surface area contributed by atoms with Gasteiger partial charge in [0.2, 0.25) is 10.0 Å². The highest BCUT2D eigenvalue weighted by molar-refractivity contribution is 8.19. The zero-order valence-corrected chi connectivity index (χ0v) is 19.4. The molecule has 0 N–H and O–H groups in total. The van der Waals surface area contributed by atoms with Crippen molar-refractivity contribution < 1.29 is 21.0 Å². The van der Waals surface area contributed by atoms with Gasteiger partial charge in [-0.1, -0.05) is 26.0 Å². The second kappa shape index (κ2) is 9.30. The average molecular weight is 474 g/mol. The summed E-state index contributed by atoms with van der Waals surface area (Å²) >= 11 is 3.74. The lowest BCUT2D eigenvalue weighted by molar-refractivity contribution is 0.445. The van der Waals surface area contributed by atoms with Crippen molar-refractivity contribution in [2.75, 3.05) is 24.6 Å². The van der Waals surface area contributed by atoms with Crippen LogP contribution < -0.4 is 4.18 Å². The van der Waals surface area contributed by atoms with Crippen molar-refractivity contribution >= 4 is 43.7 Å². The number of hydrogen-bond donors (Lipinski definition) is 0. The van der Waals surface area contributed by atoms with Gasteiger partial charge in [0.1, 0.15) is 10.6 Å². The maximum absolute atomic E-state index is 12.6. The fraction of sp³-hybridized carbons (Fsp3) is 0.368. The van der Waals surface area contributed by atoms with Gasteiger partial charge >= 0.3 is 10.1 Å². The van der Waals surface area contributed by atoms with Gasteiger partial charge in [0, 0.05) is 24.6 Å². The molecule has 1 heterocycles. The van der Waals surface area contributed by atoms with Crippen LogP contribution in [0.3, 0.4) is 0 Å². The van der Waals surface area contributed by atoms with Crippen LogP contribution in [0, 0.1) is 0 Å². The van der Waals surface area contributed by atoms with Gasteiger partial charge in [-0.25, -0.2) is 8.42 Å². The minimum Gasteiger partial charge on any atom is -0.379 e. The molecule has 0 aromatic heterocycles. The molecule has 10 heteroatoms. The topological polar surface area (TPSA) is 80.8 Å². The molecular formula is C19H23NO5S4. The van der Waals surface area contributed by atoms with E-state index < -0.39 is 20.1 Å². The maximum atomic E-state index is 12.6. The first-order chi connectivity index (χ1) is 13.8. The van der Waals surface area contributed by atoms with Gasteiger partial charge in [0.15, 0.2) is 0 Å². The smallest absolute Gasteiger partial charge is 0.339 e. The van der Waals surface area contributed by atoms with Crippen LogP contribution in [0.1, 0.15) is 24.0 Å². The Morgan fingerprint density at radius 3 is 1.90 bits per heavy atom. The molecule has 0 aliphatic carbocycles. The van der Waals surface area contributed by atoms with E-state index in [1.165, 1.54) is 28.6 Å². The molecule has 0 bridgehead atoms. The van der Waals surface area contributed by atoms with Gasteiger partial charge in [-0.15, -0.1) is 23.5 Å². The highest BCUT2D eigenvalue weighted by Crippen LogP contribution is 2.45. The Kier molecular flexibility index (Phi) is 7.21. The molecule has 29 heavy (non-hydrogen) atoms. The monoisotopic (exact) mass is 473 g/mol. The Balaban J connectivity index is 1.76. The number of nitrogens with zero attached hydrogens (tertiary/aromatic N) is 1. The summed E-state index contributed by atoms with van der Waals surface area (Å²) in [7, 11) is -7.70. The molecule has 0 saturated carbocycles. The largest absolute Gasteiger partial charge is 0.379 e. The van der Waals surface area contributed by atoms with Crippen molar-refractivity contribution in [2.24, 2.45) is 0 Å². The molecule has 1 aliphatic rings. The van der Waals surface area contributed by atoms with Gasteiger partial charge in [-0.3, -0.25) is 0 Å². The number of benzene rings is 2. The van der Waals surface area contributed by atoms with Crippen LogP contribution in [0.25, 0.3) is 0 Å². The Labute approximate surface area is 181 Å². The SMILES string of the molecule is CCN(CC)S(=O)(=O)c1ccc(S(=O)(=O)Oc2ccc(C3SCCS3)cc2)cc1. The minimum absolute atomic E-state index is 0.0519. The van der Waals surface area contributed by atoms with E-state index in [0.29, 0.717) is 17.7 Å². The lowest BCUT2D eigenvalue weighted by Gasteiger charge is -2.18. The van der Waals surface area contributed by atoms with Gasteiger partial charge in [0.25, 0.3) is 0 Å². The molecule has 1 fully saturated rings. The lowest BCUT2D eigenvalue weighted by atomic mass is 10.2. The second-order valence-corrected chi connectivity index (χ2v) is 12.4. The Hall–Kier alpha value is -1.20. The van der Waals surface area contributed by atoms with Crippen LogP contribution in [0.5, 0.6) is 5.75 Å². The predicted molar refractivity (Wildman–Crippen MR) is 118 cm³/mol. The van der Waals surface area contributed by atoms with Crippen molar-refractivity contribution in [3.63, 3.8) is 0 Å². The molecule has 1 aliphatic heterocycles. The van der Waals surface area contributed by atoms with Crippen molar-refractivity contribution in [3.05, 3.63) is 54.1 Å². The lowest BCUT2D eigenvalue weighted by Crippen LogP contribution is -2.30. The number of sulfonamides is 1. The highest BCUT2D eigenvalue weighted by Gasteiger charge is 2.24. The van der Waals surface area contributed by atoms with E-state index in [1.54, 1.807) is 26.0 Å². The molecule has 0 amide bonds. The summed E-state index contributed by atoms with van der Waals surface area (Å²) in [5.41, 5.74) is 1.13. The van der Waals surface area contributed by atoms with Crippen LogP contribution in [-0.4, -0.2) is 45.7 Å². The molecule has 1 saturated heterocycles. The molecule has 0 radical (unpaired) electrons. The van der Waals surface area contributed by atoms with Crippen LogP contribution >= 0.6 is 23.5 Å². The fourth-order valence-electron chi connectivity index (χ4n) is 2.90. The average Bonchev–Trinajstić information content (AvgIpc) is 3.24. The quantitative estimate of drug-likeness (QED) is 0.537. The number of hydrogen-bond acceptors (Lipinski definition) is 7. The maximum Gasteiger partial charge on any atom is 0.339 e. The number of thioether (sulfide) groups is 2. The summed E-state index contributed by atoms with van der Waals surface area (Å²) in [4.78, 5) is -0.0435. The Bertz CT molecular complexity index is 1030. The van der Waals surface area contributed by atoms with E-state index in [4.69, 9.17) is 4.18 Å². The van der Waals surface area contributed by atoms with E-state index in [1.807, 2.05) is 35.7 Å². The molecule has 3 rings (SSSR count). The summed E-state index contributed by atoms with van der Waals surface area (Å²) in [5, 5.41) is 0. The summed E-state index contributed by atoms with van der Waals surface area (Å²) in [6.45, 7) is 4.19. The predicted octanol–water partition coefficient (Wildman–Crippen LogP) is 3.96. The first-order valence-electron chi connectivity index (χ1n) is 9.16. The van der Waals surface area contributed by atoms with Crippen molar-refractivity contribution in [3.8, 4) is 5.75 Å². The first kappa shape index (κ1) is 22.5. The van der Waals surface area contributed by atoms with Crippen molar-refractivity contribution in [2.45, 2.75) is 28.2 Å². The van der Waals surface area contributed by atoms with Crippen LogP contribution in [0.4, 0.5) is 0 Å². The molecule has 6 nitrogen and oxygen atoms in total. The van der Waals surface area contributed by atoms with Gasteiger partial charge < -0.3 is 4.18 Å². The zero-order chi connectivity index (χ0) is 21.1. The third-order valence-corrected chi connectivity index (χ3v) is 10.9. The summed E-state index contributed by atoms with van der Waals surface area (Å²) in [6, 6.07) is 12.1. The third kappa shape index (κ3) is 5.11. The third-order valence-electron chi connectivity index (χ3n) is 4.44. The van der Waals surface area contributed by atoms with E-state index in [0.717, 1.165) is 17.1 Å². The Morgan fingerprint density at radius 2 is 1.38 bits per heavy atom. The zero-order valence-electron chi connectivity index (χ0n) is 16.1. The van der Waals surface area contributed by atoms with Gasteiger partial charge in [0.05, 0.1) is 9.48 Å². The molecule has 2 aromatic carbocycles. The van der Waals surface area contributed by atoms with Crippen LogP contribution in [0.2, 0.25) is 0 Å². The highest BCUT2D eigenvalue weighted by atomic mass is 32.2. The summed E-state index contributed by atoms with van der Waals surface area (Å²) < 4.78 is 57.1. The summed E-state index contributed by atoms with van der Waals surface area (Å²) in [5.74, 6) is 2.45. The Morgan fingerprint density at radius 1 is 0.862 bits per heavy atom. The molecule has 0 spiro atoms. The van der Waals surface area contributed by atoms with Gasteiger partial charge in [-0.05, 0) is 42.0 Å². The molecule has 0 atom stereocenters. The normalized spacial score (nSPS) is 15.7. The van der Waals surface area contributed by atoms with E-state index in [-0.39, 0.29) is 15.5 Å². The standard InChI is InChI=1S/C19H23NO5S4/c1-3-20(4-2)28(21,22)17-9-11-18(12-10-17)29(23,24)25-16-7-5-15(6-8-16)19-26-13-14-27-19/h5-12,19H,3-4,13-14H2,1-2H3. The van der Waals surface area contributed by atoms with E-state index in [2.05, 4.69) is 0 Å². The summed E-state index contributed by atoms with van der Waals surface area (Å²) in [6.07, 6.45) is 0. The fourth-order valence-corrected chi connectivity index (χ4v) is 8.14. The van der Waals surface area contributed by atoms with Crippen molar-refractivity contribution in [1.29, 1.82) is 0 Å². The van der Waals surface area contributed by atoms with Crippen LogP contribution in [0.15, 0.2) is 58.3 Å².